The summed E-state index contributed by atoms with van der Waals surface area (Å²) in [6.07, 6.45) is 2.76. The van der Waals surface area contributed by atoms with Crippen LogP contribution in [0.2, 0.25) is 0 Å². The Morgan fingerprint density at radius 1 is 1.29 bits per heavy atom. The van der Waals surface area contributed by atoms with Gasteiger partial charge in [0, 0.05) is 22.8 Å². The van der Waals surface area contributed by atoms with Crippen LogP contribution < -0.4 is 0 Å². The number of hydrogen-bond donors (Lipinski definition) is 1. The van der Waals surface area contributed by atoms with Crippen molar-refractivity contribution >= 4 is 10.8 Å². The summed E-state index contributed by atoms with van der Waals surface area (Å²) in [6.45, 7) is 4.01. The molecule has 0 fully saturated rings. The minimum Gasteiger partial charge on any atom is -0.508 e. The summed E-state index contributed by atoms with van der Waals surface area (Å²) in [5.74, 6) is 1.18. The maximum Gasteiger partial charge on any atom is 0.115 e. The Labute approximate surface area is 88.4 Å². The smallest absolute Gasteiger partial charge is 0.115 e. The molecule has 0 saturated heterocycles. The quantitative estimate of drug-likeness (QED) is 0.821. The van der Waals surface area contributed by atoms with Crippen LogP contribution in [0.15, 0.2) is 24.3 Å². The van der Waals surface area contributed by atoms with Gasteiger partial charge >= 0.3 is 0 Å². The van der Waals surface area contributed by atoms with Gasteiger partial charge in [-0.1, -0.05) is 24.6 Å². The largest absolute Gasteiger partial charge is 0.508 e. The Kier molecular flexibility index (Phi) is 7.11. The zero-order chi connectivity index (χ0) is 11.0. The van der Waals surface area contributed by atoms with Crippen molar-refractivity contribution in [1.29, 1.82) is 0 Å². The SMILES string of the molecule is CCCS(C)=O.Cc1ccc(O)cc1. The van der Waals surface area contributed by atoms with E-state index < -0.39 is 10.8 Å². The molecule has 1 unspecified atom stereocenters. The first-order valence-corrected chi connectivity index (χ1v) is 6.34. The third-order valence-corrected chi connectivity index (χ3v) is 2.51. The van der Waals surface area contributed by atoms with Crippen molar-refractivity contribution in [2.45, 2.75) is 20.3 Å². The highest BCUT2D eigenvalue weighted by atomic mass is 32.2. The van der Waals surface area contributed by atoms with Crippen LogP contribution in [0, 0.1) is 6.92 Å². The van der Waals surface area contributed by atoms with Crippen LogP contribution >= 0.6 is 0 Å². The van der Waals surface area contributed by atoms with Gasteiger partial charge in [0.25, 0.3) is 0 Å². The number of rotatable bonds is 2. The summed E-state index contributed by atoms with van der Waals surface area (Å²) in [7, 11) is -0.566. The molecule has 2 nitrogen and oxygen atoms in total. The summed E-state index contributed by atoms with van der Waals surface area (Å²) in [5.41, 5.74) is 1.17. The van der Waals surface area contributed by atoms with Crippen molar-refractivity contribution in [2.75, 3.05) is 12.0 Å². The molecule has 0 aromatic heterocycles. The lowest BCUT2D eigenvalue weighted by molar-refractivity contribution is 0.475. The molecule has 0 bridgehead atoms. The Bertz CT molecular complexity index is 246. The number of aromatic hydroxyl groups is 1. The molecule has 0 spiro atoms. The van der Waals surface area contributed by atoms with Crippen molar-refractivity contribution in [1.82, 2.24) is 0 Å². The van der Waals surface area contributed by atoms with Gasteiger partial charge in [0.15, 0.2) is 0 Å². The number of phenols is 1. The maximum absolute atomic E-state index is 10.2. The van der Waals surface area contributed by atoms with Gasteiger partial charge in [-0.3, -0.25) is 4.21 Å². The molecule has 3 heteroatoms. The van der Waals surface area contributed by atoms with E-state index in [0.29, 0.717) is 5.75 Å². The summed E-state index contributed by atoms with van der Waals surface area (Å²) in [5, 5.41) is 8.76. The normalized spacial score (nSPS) is 11.4. The summed E-state index contributed by atoms with van der Waals surface area (Å²) in [4.78, 5) is 0. The fourth-order valence-corrected chi connectivity index (χ4v) is 1.41. The van der Waals surface area contributed by atoms with Crippen molar-refractivity contribution in [3.63, 3.8) is 0 Å². The average molecular weight is 214 g/mol. The van der Waals surface area contributed by atoms with E-state index in [4.69, 9.17) is 5.11 Å². The number of aryl methyl sites for hydroxylation is 1. The van der Waals surface area contributed by atoms with E-state index in [2.05, 4.69) is 0 Å². The minimum absolute atomic E-state index is 0.329. The van der Waals surface area contributed by atoms with Crippen LogP contribution in [0.4, 0.5) is 0 Å². The van der Waals surface area contributed by atoms with Gasteiger partial charge in [-0.15, -0.1) is 0 Å². The van der Waals surface area contributed by atoms with E-state index in [1.165, 1.54) is 5.56 Å². The van der Waals surface area contributed by atoms with Gasteiger partial charge in [0.2, 0.25) is 0 Å². The molecule has 0 amide bonds. The lowest BCUT2D eigenvalue weighted by Crippen LogP contribution is -1.89. The number of benzene rings is 1. The van der Waals surface area contributed by atoms with Gasteiger partial charge in [0.1, 0.15) is 5.75 Å². The van der Waals surface area contributed by atoms with Crippen molar-refractivity contribution in [2.24, 2.45) is 0 Å². The lowest BCUT2D eigenvalue weighted by atomic mass is 10.2. The lowest BCUT2D eigenvalue weighted by Gasteiger charge is -1.89. The summed E-state index contributed by atoms with van der Waals surface area (Å²) >= 11 is 0. The molecule has 0 aliphatic rings. The first-order chi connectivity index (χ1) is 6.56. The topological polar surface area (TPSA) is 37.3 Å². The molecule has 0 heterocycles. The molecule has 14 heavy (non-hydrogen) atoms. The fourth-order valence-electron chi connectivity index (χ4n) is 0.832. The maximum atomic E-state index is 10.2. The third-order valence-electron chi connectivity index (χ3n) is 1.53. The molecule has 80 valence electrons. The average Bonchev–Trinajstić information content (AvgIpc) is 2.11. The highest BCUT2D eigenvalue weighted by Gasteiger charge is 1.82. The van der Waals surface area contributed by atoms with E-state index in [-0.39, 0.29) is 0 Å². The monoisotopic (exact) mass is 214 g/mol. The van der Waals surface area contributed by atoms with Gasteiger partial charge in [-0.25, -0.2) is 0 Å². The van der Waals surface area contributed by atoms with Crippen LogP contribution in [0.5, 0.6) is 5.75 Å². The highest BCUT2D eigenvalue weighted by Crippen LogP contribution is 2.07. The first kappa shape index (κ1) is 13.2. The van der Waals surface area contributed by atoms with Crippen LogP contribution in [0.25, 0.3) is 0 Å². The summed E-state index contributed by atoms with van der Waals surface area (Å²) < 4.78 is 10.2. The Hall–Kier alpha value is -0.830. The van der Waals surface area contributed by atoms with Gasteiger partial charge in [-0.2, -0.15) is 0 Å². The molecule has 0 aliphatic heterocycles. The predicted octanol–water partition coefficient (Wildman–Crippen LogP) is 2.48. The van der Waals surface area contributed by atoms with E-state index in [9.17, 15) is 4.21 Å². The molecular formula is C11H18O2S. The third kappa shape index (κ3) is 7.80. The zero-order valence-electron chi connectivity index (χ0n) is 8.99. The van der Waals surface area contributed by atoms with Crippen LogP contribution in [-0.4, -0.2) is 21.3 Å². The second-order valence-corrected chi connectivity index (χ2v) is 4.67. The molecule has 1 atom stereocenters. The van der Waals surface area contributed by atoms with E-state index in [0.717, 1.165) is 12.2 Å². The van der Waals surface area contributed by atoms with Crippen LogP contribution in [-0.2, 0) is 10.8 Å². The Morgan fingerprint density at radius 2 is 1.79 bits per heavy atom. The Balaban J connectivity index is 0.000000255. The van der Waals surface area contributed by atoms with E-state index in [1.54, 1.807) is 18.4 Å². The van der Waals surface area contributed by atoms with Crippen molar-refractivity contribution < 1.29 is 9.32 Å². The second-order valence-electron chi connectivity index (χ2n) is 3.11. The summed E-state index contributed by atoms with van der Waals surface area (Å²) in [6, 6.07) is 7.09. The van der Waals surface area contributed by atoms with Crippen molar-refractivity contribution in [3.05, 3.63) is 29.8 Å². The Morgan fingerprint density at radius 3 is 2.00 bits per heavy atom. The molecule has 1 aromatic carbocycles. The first-order valence-electron chi connectivity index (χ1n) is 4.62. The molecule has 1 N–H and O–H groups in total. The molecule has 1 aromatic rings. The molecular weight excluding hydrogens is 196 g/mol. The minimum atomic E-state index is -0.566. The standard InChI is InChI=1S/C7H8O.C4H10OS/c1-6-2-4-7(8)5-3-6;1-3-4-6(2)5/h2-5,8H,1H3;3-4H2,1-2H3. The van der Waals surface area contributed by atoms with Gasteiger partial charge < -0.3 is 5.11 Å². The van der Waals surface area contributed by atoms with Crippen LogP contribution in [0.1, 0.15) is 18.9 Å². The molecule has 0 saturated carbocycles. The van der Waals surface area contributed by atoms with Crippen molar-refractivity contribution in [3.8, 4) is 5.75 Å². The van der Waals surface area contributed by atoms with Gasteiger partial charge in [-0.05, 0) is 25.5 Å². The van der Waals surface area contributed by atoms with E-state index in [1.807, 2.05) is 26.0 Å². The zero-order valence-corrected chi connectivity index (χ0v) is 9.80. The predicted molar refractivity (Wildman–Crippen MR) is 62.1 cm³/mol. The van der Waals surface area contributed by atoms with E-state index >= 15 is 0 Å². The molecule has 1 rings (SSSR count). The van der Waals surface area contributed by atoms with Gasteiger partial charge in [0.05, 0.1) is 0 Å². The molecule has 0 aliphatic carbocycles. The van der Waals surface area contributed by atoms with Crippen LogP contribution in [0.3, 0.4) is 0 Å². The highest BCUT2D eigenvalue weighted by molar-refractivity contribution is 7.84. The number of hydrogen-bond acceptors (Lipinski definition) is 2. The number of phenolic OH excluding ortho intramolecular Hbond substituents is 1. The molecule has 0 radical (unpaired) electrons. The fraction of sp³-hybridized carbons (Fsp3) is 0.455. The second kappa shape index (κ2) is 7.56.